The second-order valence-corrected chi connectivity index (χ2v) is 5.26. The molecule has 4 N–H and O–H groups in total. The molecule has 0 aliphatic carbocycles. The molecular weight excluding hydrogens is 254 g/mol. The van der Waals surface area contributed by atoms with Gasteiger partial charge in [0.2, 0.25) is 5.91 Å². The monoisotopic (exact) mass is 271 g/mol. The van der Waals surface area contributed by atoms with E-state index in [4.69, 9.17) is 10.8 Å². The molecule has 18 heavy (non-hydrogen) atoms. The molecular formula is C11H17N3O3S. The Labute approximate surface area is 109 Å². The smallest absolute Gasteiger partial charge is 0.305 e. The number of rotatable bonds is 6. The van der Waals surface area contributed by atoms with Crippen molar-refractivity contribution < 1.29 is 14.7 Å². The van der Waals surface area contributed by atoms with E-state index >= 15 is 0 Å². The van der Waals surface area contributed by atoms with Gasteiger partial charge in [0.15, 0.2) is 5.13 Å². The van der Waals surface area contributed by atoms with Crippen LogP contribution in [0.4, 0.5) is 5.13 Å². The van der Waals surface area contributed by atoms with Crippen molar-refractivity contribution in [2.24, 2.45) is 5.92 Å². The van der Waals surface area contributed by atoms with Gasteiger partial charge < -0.3 is 16.2 Å². The summed E-state index contributed by atoms with van der Waals surface area (Å²) in [6.45, 7) is 3.74. The largest absolute Gasteiger partial charge is 0.481 e. The Balaban J connectivity index is 2.53. The topological polar surface area (TPSA) is 105 Å². The number of amides is 1. The Kier molecular flexibility index (Phi) is 5.08. The van der Waals surface area contributed by atoms with Crippen molar-refractivity contribution in [1.29, 1.82) is 0 Å². The van der Waals surface area contributed by atoms with Gasteiger partial charge >= 0.3 is 5.97 Å². The van der Waals surface area contributed by atoms with Crippen LogP contribution in [0.3, 0.4) is 0 Å². The van der Waals surface area contributed by atoms with Crippen LogP contribution in [-0.2, 0) is 16.0 Å². The molecule has 0 aromatic carbocycles. The number of carbonyl (C=O) groups is 2. The maximum atomic E-state index is 11.7. The van der Waals surface area contributed by atoms with E-state index in [0.29, 0.717) is 10.8 Å². The molecule has 1 amide bonds. The predicted molar refractivity (Wildman–Crippen MR) is 69.3 cm³/mol. The third-order valence-electron chi connectivity index (χ3n) is 2.46. The molecule has 1 heterocycles. The molecule has 1 atom stereocenters. The molecule has 1 rings (SSSR count). The summed E-state index contributed by atoms with van der Waals surface area (Å²) in [5.41, 5.74) is 6.07. The van der Waals surface area contributed by atoms with Crippen molar-refractivity contribution in [3.05, 3.63) is 11.1 Å². The maximum Gasteiger partial charge on any atom is 0.305 e. The van der Waals surface area contributed by atoms with Crippen molar-refractivity contribution >= 4 is 28.3 Å². The zero-order chi connectivity index (χ0) is 13.7. The lowest BCUT2D eigenvalue weighted by Gasteiger charge is -2.20. The van der Waals surface area contributed by atoms with Gasteiger partial charge in [0.1, 0.15) is 0 Å². The minimum absolute atomic E-state index is 0.0607. The molecule has 0 saturated heterocycles. The predicted octanol–water partition coefficient (Wildman–Crippen LogP) is 0.883. The van der Waals surface area contributed by atoms with Crippen molar-refractivity contribution in [1.82, 2.24) is 10.3 Å². The van der Waals surface area contributed by atoms with Gasteiger partial charge in [0, 0.05) is 11.4 Å². The van der Waals surface area contributed by atoms with E-state index in [1.54, 1.807) is 5.38 Å². The number of carboxylic acids is 1. The summed E-state index contributed by atoms with van der Waals surface area (Å²) >= 11 is 1.27. The van der Waals surface area contributed by atoms with Crippen LogP contribution in [0.15, 0.2) is 5.38 Å². The Hall–Kier alpha value is -1.63. The summed E-state index contributed by atoms with van der Waals surface area (Å²) in [7, 11) is 0. The van der Waals surface area contributed by atoms with Gasteiger partial charge in [0.25, 0.3) is 0 Å². The highest BCUT2D eigenvalue weighted by atomic mass is 32.1. The molecule has 0 radical (unpaired) electrons. The molecule has 0 aliphatic heterocycles. The molecule has 6 nitrogen and oxygen atoms in total. The van der Waals surface area contributed by atoms with Gasteiger partial charge in [-0.15, -0.1) is 11.3 Å². The fourth-order valence-corrected chi connectivity index (χ4v) is 2.03. The van der Waals surface area contributed by atoms with Crippen molar-refractivity contribution in [2.75, 3.05) is 5.73 Å². The lowest BCUT2D eigenvalue weighted by molar-refractivity contribution is -0.138. The van der Waals surface area contributed by atoms with E-state index in [9.17, 15) is 9.59 Å². The van der Waals surface area contributed by atoms with Crippen LogP contribution < -0.4 is 11.1 Å². The molecule has 7 heteroatoms. The number of carboxylic acid groups (broad SMARTS) is 1. The fraction of sp³-hybridized carbons (Fsp3) is 0.545. The van der Waals surface area contributed by atoms with Crippen LogP contribution in [0, 0.1) is 5.92 Å². The molecule has 1 aromatic rings. The number of nitrogens with one attached hydrogen (secondary N) is 1. The van der Waals surface area contributed by atoms with Crippen LogP contribution >= 0.6 is 11.3 Å². The van der Waals surface area contributed by atoms with Gasteiger partial charge in [-0.2, -0.15) is 0 Å². The third-order valence-corrected chi connectivity index (χ3v) is 3.18. The van der Waals surface area contributed by atoms with Crippen LogP contribution in [0.5, 0.6) is 0 Å². The lowest BCUT2D eigenvalue weighted by Crippen LogP contribution is -2.40. The summed E-state index contributed by atoms with van der Waals surface area (Å²) in [4.78, 5) is 26.4. The number of hydrogen-bond acceptors (Lipinski definition) is 5. The number of thiazole rings is 1. The molecule has 0 aliphatic rings. The Morgan fingerprint density at radius 1 is 1.56 bits per heavy atom. The van der Waals surface area contributed by atoms with Crippen molar-refractivity contribution in [3.63, 3.8) is 0 Å². The van der Waals surface area contributed by atoms with E-state index < -0.39 is 5.97 Å². The SMILES string of the molecule is CC(C)C(CC(=O)O)NC(=O)Cc1csc(N)n1. The summed E-state index contributed by atoms with van der Waals surface area (Å²) in [5, 5.41) is 13.6. The van der Waals surface area contributed by atoms with Crippen LogP contribution in [0.25, 0.3) is 0 Å². The van der Waals surface area contributed by atoms with E-state index in [2.05, 4.69) is 10.3 Å². The first kappa shape index (κ1) is 14.4. The molecule has 1 unspecified atom stereocenters. The summed E-state index contributed by atoms with van der Waals surface area (Å²) in [6, 6.07) is -0.369. The molecule has 100 valence electrons. The van der Waals surface area contributed by atoms with E-state index in [-0.39, 0.29) is 30.7 Å². The van der Waals surface area contributed by atoms with Crippen molar-refractivity contribution in [2.45, 2.75) is 32.7 Å². The van der Waals surface area contributed by atoms with Crippen LogP contribution in [0.1, 0.15) is 26.0 Å². The molecule has 0 saturated carbocycles. The van der Waals surface area contributed by atoms with Gasteiger partial charge in [-0.25, -0.2) is 4.98 Å². The second kappa shape index (κ2) is 6.34. The first-order chi connectivity index (χ1) is 8.38. The lowest BCUT2D eigenvalue weighted by atomic mass is 10.0. The zero-order valence-electron chi connectivity index (χ0n) is 10.3. The third kappa shape index (κ3) is 4.70. The average Bonchev–Trinajstić information content (AvgIpc) is 2.62. The number of nitrogens with two attached hydrogens (primary N) is 1. The van der Waals surface area contributed by atoms with E-state index in [1.165, 1.54) is 11.3 Å². The Morgan fingerprint density at radius 3 is 2.67 bits per heavy atom. The number of anilines is 1. The highest BCUT2D eigenvalue weighted by Crippen LogP contribution is 2.12. The number of hydrogen-bond donors (Lipinski definition) is 3. The van der Waals surface area contributed by atoms with Crippen LogP contribution in [-0.4, -0.2) is 28.0 Å². The minimum Gasteiger partial charge on any atom is -0.481 e. The number of aliphatic carboxylic acids is 1. The normalized spacial score (nSPS) is 12.4. The Morgan fingerprint density at radius 2 is 2.22 bits per heavy atom. The fourth-order valence-electron chi connectivity index (χ4n) is 1.47. The van der Waals surface area contributed by atoms with E-state index in [0.717, 1.165) is 0 Å². The average molecular weight is 271 g/mol. The summed E-state index contributed by atoms with van der Waals surface area (Å²) in [5.74, 6) is -1.10. The quantitative estimate of drug-likeness (QED) is 0.712. The van der Waals surface area contributed by atoms with Crippen molar-refractivity contribution in [3.8, 4) is 0 Å². The van der Waals surface area contributed by atoms with Gasteiger partial charge in [0.05, 0.1) is 18.5 Å². The maximum absolute atomic E-state index is 11.7. The zero-order valence-corrected chi connectivity index (χ0v) is 11.2. The number of nitrogen functional groups attached to an aromatic ring is 1. The van der Waals surface area contributed by atoms with Gasteiger partial charge in [-0.3, -0.25) is 9.59 Å². The first-order valence-electron chi connectivity index (χ1n) is 5.59. The molecule has 0 bridgehead atoms. The summed E-state index contributed by atoms with van der Waals surface area (Å²) < 4.78 is 0. The molecule has 0 fully saturated rings. The minimum atomic E-state index is -0.924. The van der Waals surface area contributed by atoms with Gasteiger partial charge in [-0.05, 0) is 5.92 Å². The molecule has 0 spiro atoms. The Bertz CT molecular complexity index is 431. The van der Waals surface area contributed by atoms with Crippen LogP contribution in [0.2, 0.25) is 0 Å². The number of aromatic nitrogens is 1. The number of carbonyl (C=O) groups excluding carboxylic acids is 1. The highest BCUT2D eigenvalue weighted by Gasteiger charge is 2.19. The summed E-state index contributed by atoms with van der Waals surface area (Å²) in [6.07, 6.45) is 0.0408. The number of nitrogens with zero attached hydrogens (tertiary/aromatic N) is 1. The first-order valence-corrected chi connectivity index (χ1v) is 6.47. The standard InChI is InChI=1S/C11H17N3O3S/c1-6(2)8(4-10(16)17)14-9(15)3-7-5-18-11(12)13-7/h5-6,8H,3-4H2,1-2H3,(H2,12,13)(H,14,15)(H,16,17). The van der Waals surface area contributed by atoms with Gasteiger partial charge in [-0.1, -0.05) is 13.8 Å². The highest BCUT2D eigenvalue weighted by molar-refractivity contribution is 7.13. The van der Waals surface area contributed by atoms with E-state index in [1.807, 2.05) is 13.8 Å². The second-order valence-electron chi connectivity index (χ2n) is 4.37. The molecule has 1 aromatic heterocycles.